The highest BCUT2D eigenvalue weighted by Crippen LogP contribution is 2.19. The lowest BCUT2D eigenvalue weighted by atomic mass is 10.1. The molecule has 0 amide bonds. The average Bonchev–Trinajstić information content (AvgIpc) is 0.949. The van der Waals surface area contributed by atoms with E-state index in [1.165, 1.54) is 148 Å². The Morgan fingerprint density at radius 2 is 0.345 bits per heavy atom. The SMILES string of the molecule is CCCCCCCCC=CCCCCCCCC(=O)OCC(COC(=O)CCCCCCCC=CCCCCCCCC(=O)OC(COC(=O)CCCCCCCC=CCCCCCCCC)COC(=O)CCCCCCCC=CCCCCCCCC)OC(=O)CCCCCCCC=CCCCCCCCC(=O)O. The molecule has 14 nitrogen and oxygen atoms in total. The van der Waals surface area contributed by atoms with E-state index in [-0.39, 0.29) is 87.9 Å². The van der Waals surface area contributed by atoms with Gasteiger partial charge in [0.05, 0.1) is 0 Å². The average molecular weight is 1550 g/mol. The minimum Gasteiger partial charge on any atom is -0.481 e. The molecule has 638 valence electrons. The van der Waals surface area contributed by atoms with Gasteiger partial charge in [0.2, 0.25) is 0 Å². The van der Waals surface area contributed by atoms with Crippen LogP contribution in [0.3, 0.4) is 0 Å². The van der Waals surface area contributed by atoms with Crippen molar-refractivity contribution in [1.82, 2.24) is 0 Å². The van der Waals surface area contributed by atoms with E-state index in [0.29, 0.717) is 38.5 Å². The first-order chi connectivity index (χ1) is 54.0. The molecule has 1 unspecified atom stereocenters. The number of rotatable bonds is 87. The molecule has 0 saturated heterocycles. The van der Waals surface area contributed by atoms with Crippen molar-refractivity contribution in [3.05, 3.63) is 60.8 Å². The first-order valence-corrected chi connectivity index (χ1v) is 46.5. The van der Waals surface area contributed by atoms with Gasteiger partial charge in [0.15, 0.2) is 12.2 Å². The van der Waals surface area contributed by atoms with Gasteiger partial charge < -0.3 is 33.5 Å². The van der Waals surface area contributed by atoms with Crippen LogP contribution in [0.25, 0.3) is 0 Å². The fourth-order valence-corrected chi connectivity index (χ4v) is 13.5. The van der Waals surface area contributed by atoms with Crippen LogP contribution in [0.2, 0.25) is 0 Å². The molecule has 1 atom stereocenters. The number of carbonyl (C=O) groups is 7. The van der Waals surface area contributed by atoms with Gasteiger partial charge >= 0.3 is 41.8 Å². The molecule has 0 aromatic heterocycles. The molecule has 110 heavy (non-hydrogen) atoms. The van der Waals surface area contributed by atoms with Crippen LogP contribution < -0.4 is 0 Å². The molecule has 0 aliphatic carbocycles. The van der Waals surface area contributed by atoms with E-state index in [0.717, 1.165) is 238 Å². The summed E-state index contributed by atoms with van der Waals surface area (Å²) in [5.74, 6) is -2.75. The Morgan fingerprint density at radius 3 is 0.518 bits per heavy atom. The second-order valence-corrected chi connectivity index (χ2v) is 31.5. The topological polar surface area (TPSA) is 195 Å². The van der Waals surface area contributed by atoms with Crippen molar-refractivity contribution < 1.29 is 67.1 Å². The molecule has 0 rings (SSSR count). The Kier molecular flexibility index (Phi) is 83.9. The van der Waals surface area contributed by atoms with Crippen LogP contribution in [0.5, 0.6) is 0 Å². The summed E-state index contributed by atoms with van der Waals surface area (Å²) in [7, 11) is 0. The summed E-state index contributed by atoms with van der Waals surface area (Å²) in [4.78, 5) is 88.0. The normalized spacial score (nSPS) is 12.3. The minimum atomic E-state index is -0.850. The zero-order valence-electron chi connectivity index (χ0n) is 71.5. The second-order valence-electron chi connectivity index (χ2n) is 31.5. The number of hydrogen-bond acceptors (Lipinski definition) is 13. The maximum atomic E-state index is 13.1. The van der Waals surface area contributed by atoms with Gasteiger partial charge in [-0.3, -0.25) is 33.6 Å². The van der Waals surface area contributed by atoms with Gasteiger partial charge in [0.1, 0.15) is 26.4 Å². The Bertz CT molecular complexity index is 2180. The zero-order chi connectivity index (χ0) is 79.8. The summed E-state index contributed by atoms with van der Waals surface area (Å²) in [5.41, 5.74) is 0. The molecule has 0 radical (unpaired) electrons. The lowest BCUT2D eigenvalue weighted by Gasteiger charge is -2.18. The third-order valence-electron chi connectivity index (χ3n) is 20.6. The maximum absolute atomic E-state index is 13.1. The van der Waals surface area contributed by atoms with Crippen molar-refractivity contribution in [3.8, 4) is 0 Å². The Balaban J connectivity index is 4.74. The molecule has 0 bridgehead atoms. The second kappa shape index (κ2) is 87.9. The monoisotopic (exact) mass is 1550 g/mol. The van der Waals surface area contributed by atoms with E-state index in [1.54, 1.807) is 0 Å². The number of carboxylic acid groups (broad SMARTS) is 1. The molecule has 0 spiro atoms. The van der Waals surface area contributed by atoms with Crippen LogP contribution in [-0.4, -0.2) is 85.5 Å². The van der Waals surface area contributed by atoms with Gasteiger partial charge in [0.25, 0.3) is 0 Å². The molecule has 0 saturated carbocycles. The van der Waals surface area contributed by atoms with Crippen molar-refractivity contribution in [2.45, 2.75) is 482 Å². The first kappa shape index (κ1) is 105. The molecular formula is C96H170O14. The molecule has 0 aliphatic rings. The molecule has 14 heteroatoms. The smallest absolute Gasteiger partial charge is 0.306 e. The lowest BCUT2D eigenvalue weighted by molar-refractivity contribution is -0.167. The van der Waals surface area contributed by atoms with Crippen LogP contribution in [0.15, 0.2) is 60.8 Å². The van der Waals surface area contributed by atoms with Crippen molar-refractivity contribution in [2.75, 3.05) is 26.4 Å². The highest BCUT2D eigenvalue weighted by Gasteiger charge is 2.22. The van der Waals surface area contributed by atoms with Crippen molar-refractivity contribution in [3.63, 3.8) is 0 Å². The molecule has 0 heterocycles. The summed E-state index contributed by atoms with van der Waals surface area (Å²) in [6.45, 7) is 6.24. The van der Waals surface area contributed by atoms with Crippen molar-refractivity contribution in [2.24, 2.45) is 0 Å². The number of carbonyl (C=O) groups excluding carboxylic acids is 6. The standard InChI is InChI=1S/C96H170O14/c1-4-7-10-13-16-19-22-25-28-36-43-50-57-64-71-78-91(99)105-84-88(85-106-92(100)79-72-65-58-51-44-37-29-26-23-20-17-14-11-8-5-2)110-96(104)83-76-69-62-55-48-41-34-33-39-46-53-60-67-74-81-94(102)108-87-89(86-107-93(101)80-73-66-59-52-45-38-30-27-24-21-18-15-12-9-6-3)109-95(103)82-75-68-61-54-47-40-32-31-35-42-49-56-63-70-77-90(97)98/h25-34,88-89H,4-24,35-87H2,1-3H3,(H,97,98). The molecule has 0 aromatic carbocycles. The molecular weight excluding hydrogens is 1380 g/mol. The third kappa shape index (κ3) is 85.4. The number of unbranched alkanes of at least 4 members (excludes halogenated alkanes) is 53. The van der Waals surface area contributed by atoms with E-state index in [4.69, 9.17) is 33.5 Å². The third-order valence-corrected chi connectivity index (χ3v) is 20.6. The van der Waals surface area contributed by atoms with E-state index in [2.05, 4.69) is 81.5 Å². The Morgan fingerprint density at radius 1 is 0.200 bits per heavy atom. The van der Waals surface area contributed by atoms with Gasteiger partial charge in [-0.2, -0.15) is 0 Å². The van der Waals surface area contributed by atoms with E-state index < -0.39 is 18.2 Å². The number of ether oxygens (including phenoxy) is 6. The number of aliphatic carboxylic acids is 1. The Hall–Kier alpha value is -5.01. The van der Waals surface area contributed by atoms with Crippen molar-refractivity contribution >= 4 is 41.8 Å². The highest BCUT2D eigenvalue weighted by molar-refractivity contribution is 5.72. The van der Waals surface area contributed by atoms with Crippen LogP contribution in [0.1, 0.15) is 470 Å². The molecule has 0 aliphatic heterocycles. The number of carboxylic acids is 1. The van der Waals surface area contributed by atoms with E-state index in [9.17, 15) is 33.6 Å². The minimum absolute atomic E-state index is 0.123. The number of esters is 6. The Labute approximate surface area is 675 Å². The van der Waals surface area contributed by atoms with Crippen LogP contribution in [0.4, 0.5) is 0 Å². The van der Waals surface area contributed by atoms with Gasteiger partial charge in [-0.05, 0) is 173 Å². The summed E-state index contributed by atoms with van der Waals surface area (Å²) in [6, 6.07) is 0. The van der Waals surface area contributed by atoms with Crippen LogP contribution in [-0.2, 0) is 62.0 Å². The largest absolute Gasteiger partial charge is 0.481 e. The number of hydrogen-bond donors (Lipinski definition) is 1. The fourth-order valence-electron chi connectivity index (χ4n) is 13.5. The molecule has 1 N–H and O–H groups in total. The van der Waals surface area contributed by atoms with E-state index in [1.807, 2.05) is 0 Å². The van der Waals surface area contributed by atoms with Gasteiger partial charge in [-0.1, -0.05) is 313 Å². The molecule has 0 aromatic rings. The highest BCUT2D eigenvalue weighted by atomic mass is 16.6. The maximum Gasteiger partial charge on any atom is 0.306 e. The summed E-state index contributed by atoms with van der Waals surface area (Å²) in [5, 5.41) is 8.78. The first-order valence-electron chi connectivity index (χ1n) is 46.5. The molecule has 0 fully saturated rings. The zero-order valence-corrected chi connectivity index (χ0v) is 71.5. The number of allylic oxidation sites excluding steroid dienone is 10. The fraction of sp³-hybridized carbons (Fsp3) is 0.823. The predicted molar refractivity (Wildman–Crippen MR) is 457 cm³/mol. The quantitative estimate of drug-likeness (QED) is 0.0261. The summed E-state index contributed by atoms with van der Waals surface area (Å²) >= 11 is 0. The van der Waals surface area contributed by atoms with Crippen LogP contribution in [0, 0.1) is 0 Å². The summed E-state index contributed by atoms with van der Waals surface area (Å²) < 4.78 is 33.9. The van der Waals surface area contributed by atoms with Gasteiger partial charge in [-0.25, -0.2) is 0 Å². The van der Waals surface area contributed by atoms with Gasteiger partial charge in [0, 0.05) is 44.9 Å². The summed E-state index contributed by atoms with van der Waals surface area (Å²) in [6.07, 6.45) is 93.1. The van der Waals surface area contributed by atoms with Crippen molar-refractivity contribution in [1.29, 1.82) is 0 Å². The van der Waals surface area contributed by atoms with Crippen LogP contribution >= 0.6 is 0 Å². The lowest BCUT2D eigenvalue weighted by Crippen LogP contribution is -2.30. The predicted octanol–water partition coefficient (Wildman–Crippen LogP) is 28.2. The van der Waals surface area contributed by atoms with E-state index >= 15 is 0 Å². The van der Waals surface area contributed by atoms with Gasteiger partial charge in [-0.15, -0.1) is 0 Å².